The summed E-state index contributed by atoms with van der Waals surface area (Å²) in [6.45, 7) is 8.13. The number of benzene rings is 1. The van der Waals surface area contributed by atoms with Crippen LogP contribution in [-0.2, 0) is 7.05 Å². The fourth-order valence-corrected chi connectivity index (χ4v) is 4.38. The predicted molar refractivity (Wildman–Crippen MR) is 109 cm³/mol. The Morgan fingerprint density at radius 1 is 1.23 bits per heavy atom. The molecule has 0 radical (unpaired) electrons. The van der Waals surface area contributed by atoms with E-state index in [0.717, 1.165) is 17.2 Å². The fourth-order valence-electron chi connectivity index (χ4n) is 3.14. The molecule has 1 aromatic heterocycles. The lowest BCUT2D eigenvalue weighted by Crippen LogP contribution is -2.22. The lowest BCUT2D eigenvalue weighted by Gasteiger charge is -2.18. The molecule has 4 nitrogen and oxygen atoms in total. The Balaban J connectivity index is 1.87. The third kappa shape index (κ3) is 3.90. The van der Waals surface area contributed by atoms with E-state index in [2.05, 4.69) is 23.9 Å². The van der Waals surface area contributed by atoms with E-state index >= 15 is 0 Å². The number of hydrogen-bond acceptors (Lipinski definition) is 4. The second kappa shape index (κ2) is 7.35. The molecule has 2 atom stereocenters. The number of rotatable bonds is 6. The highest BCUT2D eigenvalue weighted by atomic mass is 32.2. The maximum atomic E-state index is 14.3. The molecule has 1 aromatic carbocycles. The molecular weight excluding hydrogens is 349 g/mol. The minimum atomic E-state index is -0.335. The molecule has 0 bridgehead atoms. The summed E-state index contributed by atoms with van der Waals surface area (Å²) in [5.41, 5.74) is 2.56. The zero-order valence-corrected chi connectivity index (χ0v) is 16.7. The summed E-state index contributed by atoms with van der Waals surface area (Å²) in [6, 6.07) is 6.85. The van der Waals surface area contributed by atoms with Crippen molar-refractivity contribution in [1.82, 2.24) is 4.57 Å². The smallest absolute Gasteiger partial charge is 0.254 e. The topological polar surface area (TPSA) is 46.1 Å². The molecular formula is C20H26FN3OS. The number of anilines is 3. The molecule has 1 heterocycles. The highest BCUT2D eigenvalue weighted by Gasteiger charge is 2.40. The minimum Gasteiger partial charge on any atom is -0.337 e. The van der Waals surface area contributed by atoms with Gasteiger partial charge in [0.1, 0.15) is 11.6 Å². The molecule has 0 aliphatic heterocycles. The second-order valence-corrected chi connectivity index (χ2v) is 8.51. The fraction of sp³-hybridized carbons (Fsp3) is 0.450. The number of halogens is 1. The zero-order chi connectivity index (χ0) is 19.0. The molecule has 26 heavy (non-hydrogen) atoms. The molecule has 0 amide bonds. The van der Waals surface area contributed by atoms with Crippen molar-refractivity contribution in [3.05, 3.63) is 51.6 Å². The number of pyridine rings is 1. The molecule has 140 valence electrons. The lowest BCUT2D eigenvalue weighted by atomic mass is 10.1. The average Bonchev–Trinajstić information content (AvgIpc) is 3.35. The molecule has 1 aliphatic carbocycles. The molecule has 1 fully saturated rings. The van der Waals surface area contributed by atoms with Gasteiger partial charge in [-0.25, -0.2) is 4.39 Å². The first-order chi connectivity index (χ1) is 12.3. The Bertz CT molecular complexity index is 878. The van der Waals surface area contributed by atoms with Crippen molar-refractivity contribution >= 4 is 29.1 Å². The van der Waals surface area contributed by atoms with Crippen LogP contribution in [0.25, 0.3) is 0 Å². The van der Waals surface area contributed by atoms with E-state index in [-0.39, 0.29) is 11.4 Å². The van der Waals surface area contributed by atoms with E-state index < -0.39 is 0 Å². The largest absolute Gasteiger partial charge is 0.337 e. The van der Waals surface area contributed by atoms with Gasteiger partial charge in [-0.2, -0.15) is 0 Å². The molecule has 2 N–H and O–H groups in total. The Morgan fingerprint density at radius 3 is 2.58 bits per heavy atom. The minimum absolute atomic E-state index is 0.0953. The van der Waals surface area contributed by atoms with Gasteiger partial charge in [0.25, 0.3) is 5.56 Å². The van der Waals surface area contributed by atoms with E-state index in [9.17, 15) is 9.18 Å². The molecule has 2 unspecified atom stereocenters. The van der Waals surface area contributed by atoms with Crippen molar-refractivity contribution in [2.45, 2.75) is 39.4 Å². The molecule has 1 saturated carbocycles. The highest BCUT2D eigenvalue weighted by Crippen LogP contribution is 2.46. The summed E-state index contributed by atoms with van der Waals surface area (Å²) >= 11 is 1.69. The van der Waals surface area contributed by atoms with Gasteiger partial charge in [-0.15, -0.1) is 0 Å². The van der Waals surface area contributed by atoms with E-state index in [1.165, 1.54) is 17.1 Å². The maximum Gasteiger partial charge on any atom is 0.254 e. The van der Waals surface area contributed by atoms with Gasteiger partial charge in [0.15, 0.2) is 0 Å². The lowest BCUT2D eigenvalue weighted by molar-refractivity contribution is 0.566. The monoisotopic (exact) mass is 375 g/mol. The van der Waals surface area contributed by atoms with Crippen LogP contribution in [0.1, 0.15) is 31.4 Å². The van der Waals surface area contributed by atoms with Gasteiger partial charge >= 0.3 is 0 Å². The van der Waals surface area contributed by atoms with E-state index in [4.69, 9.17) is 0 Å². The summed E-state index contributed by atoms with van der Waals surface area (Å²) in [4.78, 5) is 12.4. The van der Waals surface area contributed by atoms with Gasteiger partial charge in [-0.05, 0) is 67.8 Å². The average molecular weight is 376 g/mol. The van der Waals surface area contributed by atoms with Gasteiger partial charge in [-0.1, -0.05) is 19.9 Å². The molecule has 3 rings (SSSR count). The van der Waals surface area contributed by atoms with Crippen LogP contribution in [0, 0.1) is 31.5 Å². The van der Waals surface area contributed by atoms with Crippen LogP contribution in [-0.4, -0.2) is 9.82 Å². The standard InChI is InChI=1S/C20H26FN3OS/c1-11(2)14-10-18(14)26-23-17-9-13(4)20(25)24(5)19(17)22-16-7-6-12(3)8-15(16)21/h6-9,11,14,18,22-23H,10H2,1-5H3. The van der Waals surface area contributed by atoms with Crippen molar-refractivity contribution in [1.29, 1.82) is 0 Å². The number of nitrogens with zero attached hydrogens (tertiary/aromatic N) is 1. The quantitative estimate of drug-likeness (QED) is 0.698. The highest BCUT2D eigenvalue weighted by molar-refractivity contribution is 8.01. The van der Waals surface area contributed by atoms with Crippen LogP contribution in [0.4, 0.5) is 21.6 Å². The van der Waals surface area contributed by atoms with Crippen LogP contribution in [0.3, 0.4) is 0 Å². The number of aryl methyl sites for hydroxylation is 2. The van der Waals surface area contributed by atoms with Gasteiger partial charge in [0.2, 0.25) is 0 Å². The van der Waals surface area contributed by atoms with Crippen molar-refractivity contribution in [2.24, 2.45) is 18.9 Å². The summed E-state index contributed by atoms with van der Waals surface area (Å²) in [5, 5.41) is 3.67. The first kappa shape index (κ1) is 18.8. The molecule has 1 aliphatic rings. The summed E-state index contributed by atoms with van der Waals surface area (Å²) in [5.74, 6) is 1.64. The van der Waals surface area contributed by atoms with Gasteiger partial charge in [0.05, 0.1) is 11.4 Å². The third-order valence-corrected chi connectivity index (χ3v) is 6.11. The van der Waals surface area contributed by atoms with Gasteiger partial charge < -0.3 is 10.0 Å². The maximum absolute atomic E-state index is 14.3. The normalized spacial score (nSPS) is 18.9. The SMILES string of the molecule is Cc1ccc(Nc2c(NSC3CC3C(C)C)cc(C)c(=O)n2C)c(F)c1. The Labute approximate surface area is 158 Å². The Kier molecular flexibility index (Phi) is 5.32. The van der Waals surface area contributed by atoms with Crippen LogP contribution < -0.4 is 15.6 Å². The molecule has 2 aromatic rings. The van der Waals surface area contributed by atoms with E-state index in [0.29, 0.717) is 28.2 Å². The molecule has 6 heteroatoms. The van der Waals surface area contributed by atoms with Crippen LogP contribution in [0.15, 0.2) is 29.1 Å². The predicted octanol–water partition coefficient (Wildman–Crippen LogP) is 4.99. The Morgan fingerprint density at radius 2 is 1.96 bits per heavy atom. The number of hydrogen-bond donors (Lipinski definition) is 2. The van der Waals surface area contributed by atoms with Crippen molar-refractivity contribution in [3.63, 3.8) is 0 Å². The van der Waals surface area contributed by atoms with Crippen molar-refractivity contribution < 1.29 is 4.39 Å². The third-order valence-electron chi connectivity index (χ3n) is 4.93. The van der Waals surface area contributed by atoms with Crippen molar-refractivity contribution in [3.8, 4) is 0 Å². The summed E-state index contributed by atoms with van der Waals surface area (Å²) < 4.78 is 19.2. The summed E-state index contributed by atoms with van der Waals surface area (Å²) in [6.07, 6.45) is 1.20. The van der Waals surface area contributed by atoms with E-state index in [1.54, 1.807) is 32.0 Å². The first-order valence-corrected chi connectivity index (χ1v) is 9.81. The van der Waals surface area contributed by atoms with E-state index in [1.807, 2.05) is 19.1 Å². The van der Waals surface area contributed by atoms with Crippen molar-refractivity contribution in [2.75, 3.05) is 10.0 Å². The summed E-state index contributed by atoms with van der Waals surface area (Å²) in [7, 11) is 1.70. The van der Waals surface area contributed by atoms with Crippen LogP contribution >= 0.6 is 11.9 Å². The Hall–Kier alpha value is -1.95. The molecule has 0 saturated heterocycles. The van der Waals surface area contributed by atoms with Gasteiger partial charge in [0, 0.05) is 17.9 Å². The second-order valence-electron chi connectivity index (χ2n) is 7.46. The zero-order valence-electron chi connectivity index (χ0n) is 15.9. The first-order valence-electron chi connectivity index (χ1n) is 8.93. The van der Waals surface area contributed by atoms with Crippen LogP contribution in [0.5, 0.6) is 0 Å². The number of nitrogens with one attached hydrogen (secondary N) is 2. The van der Waals surface area contributed by atoms with Crippen LogP contribution in [0.2, 0.25) is 0 Å². The van der Waals surface area contributed by atoms with Gasteiger partial charge in [-0.3, -0.25) is 9.36 Å². The number of aromatic nitrogens is 1. The molecule has 0 spiro atoms.